The van der Waals surface area contributed by atoms with Gasteiger partial charge in [-0.15, -0.1) is 0 Å². The van der Waals surface area contributed by atoms with Crippen molar-refractivity contribution in [2.45, 2.75) is 57.5 Å². The summed E-state index contributed by atoms with van der Waals surface area (Å²) in [6.45, 7) is 5.70. The highest BCUT2D eigenvalue weighted by atomic mass is 16.6. The maximum Gasteiger partial charge on any atom is 0.287 e. The van der Waals surface area contributed by atoms with Crippen LogP contribution in [-0.2, 0) is 4.74 Å². The molecule has 0 amide bonds. The molecule has 1 aromatic carbocycles. The van der Waals surface area contributed by atoms with E-state index in [9.17, 15) is 0 Å². The summed E-state index contributed by atoms with van der Waals surface area (Å²) < 4.78 is 11.9. The smallest absolute Gasteiger partial charge is 0.287 e. The molecule has 4 rings (SSSR count). The fourth-order valence-corrected chi connectivity index (χ4v) is 4.26. The third-order valence-electron chi connectivity index (χ3n) is 5.90. The van der Waals surface area contributed by atoms with Crippen LogP contribution in [0.25, 0.3) is 0 Å². The largest absolute Gasteiger partial charge is 0.490 e. The number of ether oxygens (including phenoxy) is 2. The van der Waals surface area contributed by atoms with Gasteiger partial charge >= 0.3 is 0 Å². The van der Waals surface area contributed by atoms with E-state index in [-0.39, 0.29) is 6.10 Å². The lowest BCUT2D eigenvalue weighted by atomic mass is 9.84. The number of rotatable bonds is 5. The third kappa shape index (κ3) is 3.94. The Bertz CT molecular complexity index is 592. The lowest BCUT2D eigenvalue weighted by molar-refractivity contribution is 0.146. The van der Waals surface area contributed by atoms with E-state index >= 15 is 0 Å². The zero-order valence-corrected chi connectivity index (χ0v) is 15.3. The van der Waals surface area contributed by atoms with Gasteiger partial charge in [0, 0.05) is 13.1 Å². The van der Waals surface area contributed by atoms with Crippen LogP contribution in [0.3, 0.4) is 0 Å². The number of hydrogen-bond donors (Lipinski definition) is 0. The van der Waals surface area contributed by atoms with E-state index in [1.165, 1.54) is 44.1 Å². The first-order valence-corrected chi connectivity index (χ1v) is 10.0. The summed E-state index contributed by atoms with van der Waals surface area (Å²) in [6.07, 6.45) is 8.11. The molecule has 2 fully saturated rings. The summed E-state index contributed by atoms with van der Waals surface area (Å²) in [7, 11) is 0. The number of amidine groups is 1. The number of aliphatic imine (C=N–C) groups is 1. The summed E-state index contributed by atoms with van der Waals surface area (Å²) in [4.78, 5) is 6.85. The van der Waals surface area contributed by atoms with Crippen molar-refractivity contribution in [1.82, 2.24) is 4.90 Å². The summed E-state index contributed by atoms with van der Waals surface area (Å²) in [6, 6.07) is 9.57. The fraction of sp³-hybridized carbons (Fsp3) is 0.667. The van der Waals surface area contributed by atoms with Crippen molar-refractivity contribution in [2.75, 3.05) is 26.2 Å². The van der Waals surface area contributed by atoms with Crippen molar-refractivity contribution >= 4 is 6.02 Å². The summed E-state index contributed by atoms with van der Waals surface area (Å²) in [5, 5.41) is 0. The normalized spacial score (nSPS) is 26.8. The quantitative estimate of drug-likeness (QED) is 0.804. The van der Waals surface area contributed by atoms with E-state index < -0.39 is 0 Å². The molecule has 25 heavy (non-hydrogen) atoms. The van der Waals surface area contributed by atoms with E-state index in [0.717, 1.165) is 37.3 Å². The Hall–Kier alpha value is -1.71. The Morgan fingerprint density at radius 3 is 2.68 bits per heavy atom. The minimum absolute atomic E-state index is 0.0902. The van der Waals surface area contributed by atoms with Crippen LogP contribution in [0, 0.1) is 5.92 Å². The lowest BCUT2D eigenvalue weighted by Gasteiger charge is -2.25. The molecule has 0 radical (unpaired) electrons. The number of benzene rings is 1. The standard InChI is InChI=1S/C21H30N2O2/c1-2-16-12-22-21-23(13-16)14-20(25-21)15-24-19-10-8-18(9-11-19)17-6-4-3-5-7-17/h8-11,16-17,20H,2-7,12-15H2,1H3/t16-,20-/m0/s1. The Morgan fingerprint density at radius 2 is 1.92 bits per heavy atom. The van der Waals surface area contributed by atoms with Crippen LogP contribution < -0.4 is 4.74 Å². The molecule has 3 aliphatic rings. The van der Waals surface area contributed by atoms with E-state index in [1.54, 1.807) is 0 Å². The second-order valence-electron chi connectivity index (χ2n) is 7.76. The fourth-order valence-electron chi connectivity index (χ4n) is 4.26. The molecule has 0 aromatic heterocycles. The molecule has 1 saturated carbocycles. The van der Waals surface area contributed by atoms with E-state index in [4.69, 9.17) is 9.47 Å². The van der Waals surface area contributed by atoms with Gasteiger partial charge in [-0.2, -0.15) is 0 Å². The molecule has 4 heteroatoms. The highest BCUT2D eigenvalue weighted by Gasteiger charge is 2.33. The summed E-state index contributed by atoms with van der Waals surface area (Å²) in [5.74, 6) is 2.36. The Balaban J connectivity index is 1.28. The average molecular weight is 342 g/mol. The van der Waals surface area contributed by atoms with Crippen LogP contribution in [-0.4, -0.2) is 43.3 Å². The molecule has 0 bridgehead atoms. The minimum Gasteiger partial charge on any atom is -0.490 e. The maximum atomic E-state index is 5.98. The summed E-state index contributed by atoms with van der Waals surface area (Å²) >= 11 is 0. The van der Waals surface area contributed by atoms with Crippen LogP contribution in [0.2, 0.25) is 0 Å². The van der Waals surface area contributed by atoms with Gasteiger partial charge in [-0.1, -0.05) is 38.3 Å². The van der Waals surface area contributed by atoms with Gasteiger partial charge < -0.3 is 14.4 Å². The molecule has 0 unspecified atom stereocenters. The molecule has 4 nitrogen and oxygen atoms in total. The van der Waals surface area contributed by atoms with E-state index in [1.807, 2.05) is 0 Å². The summed E-state index contributed by atoms with van der Waals surface area (Å²) in [5.41, 5.74) is 1.47. The zero-order valence-electron chi connectivity index (χ0n) is 15.3. The van der Waals surface area contributed by atoms with Gasteiger partial charge in [-0.25, -0.2) is 4.99 Å². The van der Waals surface area contributed by atoms with Gasteiger partial charge in [0.25, 0.3) is 6.02 Å². The molecule has 2 aliphatic heterocycles. The Labute approximate surface area is 151 Å². The van der Waals surface area contributed by atoms with Crippen LogP contribution in [0.4, 0.5) is 0 Å². The first-order chi connectivity index (χ1) is 12.3. The van der Waals surface area contributed by atoms with Gasteiger partial charge in [0.15, 0.2) is 6.10 Å². The number of hydrogen-bond acceptors (Lipinski definition) is 4. The highest BCUT2D eigenvalue weighted by Crippen LogP contribution is 2.33. The van der Waals surface area contributed by atoms with Gasteiger partial charge in [0.05, 0.1) is 6.54 Å². The van der Waals surface area contributed by atoms with Gasteiger partial charge in [-0.05, 0) is 48.8 Å². The van der Waals surface area contributed by atoms with Gasteiger partial charge in [0.2, 0.25) is 0 Å². The van der Waals surface area contributed by atoms with Crippen LogP contribution in [0.5, 0.6) is 5.75 Å². The van der Waals surface area contributed by atoms with Crippen molar-refractivity contribution in [2.24, 2.45) is 10.9 Å². The van der Waals surface area contributed by atoms with Crippen molar-refractivity contribution in [3.63, 3.8) is 0 Å². The predicted molar refractivity (Wildman–Crippen MR) is 100 cm³/mol. The molecule has 1 saturated heterocycles. The topological polar surface area (TPSA) is 34.1 Å². The number of fused-ring (bicyclic) bond motifs is 1. The second-order valence-corrected chi connectivity index (χ2v) is 7.76. The predicted octanol–water partition coefficient (Wildman–Crippen LogP) is 4.21. The first kappa shape index (κ1) is 16.7. The lowest BCUT2D eigenvalue weighted by Crippen LogP contribution is -2.37. The van der Waals surface area contributed by atoms with Crippen LogP contribution in [0.15, 0.2) is 29.3 Å². The molecule has 0 spiro atoms. The molecule has 136 valence electrons. The zero-order chi connectivity index (χ0) is 17.1. The van der Waals surface area contributed by atoms with Crippen LogP contribution >= 0.6 is 0 Å². The SMILES string of the molecule is CC[C@H]1CN=C2O[C@H](COc3ccc(C4CCCCC4)cc3)CN2C1. The van der Waals surface area contributed by atoms with Crippen LogP contribution in [0.1, 0.15) is 56.9 Å². The van der Waals surface area contributed by atoms with Gasteiger partial charge in [-0.3, -0.25) is 0 Å². The second kappa shape index (κ2) is 7.67. The maximum absolute atomic E-state index is 5.98. The van der Waals surface area contributed by atoms with Crippen molar-refractivity contribution in [3.8, 4) is 5.75 Å². The Kier molecular flexibility index (Phi) is 5.14. The van der Waals surface area contributed by atoms with E-state index in [0.29, 0.717) is 12.5 Å². The Morgan fingerprint density at radius 1 is 1.12 bits per heavy atom. The number of nitrogens with zero attached hydrogens (tertiary/aromatic N) is 2. The first-order valence-electron chi connectivity index (χ1n) is 10.0. The average Bonchev–Trinajstić information content (AvgIpc) is 3.09. The monoisotopic (exact) mass is 342 g/mol. The molecule has 1 aromatic rings. The molecular weight excluding hydrogens is 312 g/mol. The third-order valence-corrected chi connectivity index (χ3v) is 5.90. The molecule has 2 atom stereocenters. The highest BCUT2D eigenvalue weighted by molar-refractivity contribution is 5.76. The molecular formula is C21H30N2O2. The molecule has 2 heterocycles. The minimum atomic E-state index is 0.0902. The van der Waals surface area contributed by atoms with Crippen molar-refractivity contribution in [1.29, 1.82) is 0 Å². The molecule has 0 N–H and O–H groups in total. The van der Waals surface area contributed by atoms with Crippen molar-refractivity contribution < 1.29 is 9.47 Å². The van der Waals surface area contributed by atoms with E-state index in [2.05, 4.69) is 41.1 Å². The molecule has 1 aliphatic carbocycles. The van der Waals surface area contributed by atoms with Gasteiger partial charge in [0.1, 0.15) is 12.4 Å². The van der Waals surface area contributed by atoms with Crippen molar-refractivity contribution in [3.05, 3.63) is 29.8 Å².